The van der Waals surface area contributed by atoms with E-state index in [9.17, 15) is 10.4 Å². The van der Waals surface area contributed by atoms with Crippen LogP contribution in [-0.4, -0.2) is 11.2 Å². The van der Waals surface area contributed by atoms with Gasteiger partial charge in [-0.1, -0.05) is 82.1 Å². The first-order valence-electron chi connectivity index (χ1n) is 17.9. The molecule has 0 saturated heterocycles. The van der Waals surface area contributed by atoms with Crippen LogP contribution in [0, 0.1) is 10.4 Å². The Labute approximate surface area is 276 Å². The molecule has 256 valence electrons. The second-order valence-corrected chi connectivity index (χ2v) is 16.0. The standard InChI is InChI=1S/C38H58N2O6/c1-36(2,3)45-39(41)43-34-26-30(20-22-32(34)28-16-10-7-11-17-28)38(24-14-9-15-25-38)31-21-23-33(29-18-12-8-13-19-29)35(27-31)44-40(42)46-37(4,5)6/h20-23,26-29,39-40H,7-19,24-25H2,1-6H3. The summed E-state index contributed by atoms with van der Waals surface area (Å²) in [4.78, 5) is 23.4. The molecule has 3 aliphatic carbocycles. The average Bonchev–Trinajstić information content (AvgIpc) is 3.00. The SMILES string of the molecule is CC(C)(C)O[NH+]([O-])Oc1cc(C2(c3ccc(C4CCCCC4)c(O[NH+]([O-])OC(C)(C)C)c3)CCCCC2)ccc1C1CCCCC1. The third kappa shape index (κ3) is 9.03. The summed E-state index contributed by atoms with van der Waals surface area (Å²) < 4.78 is 0. The predicted octanol–water partition coefficient (Wildman–Crippen LogP) is 7.85. The Balaban J connectivity index is 1.56. The van der Waals surface area contributed by atoms with Crippen LogP contribution in [0.4, 0.5) is 0 Å². The maximum Gasteiger partial charge on any atom is 0.198 e. The summed E-state index contributed by atoms with van der Waals surface area (Å²) in [5, 5.41) is 24.7. The van der Waals surface area contributed by atoms with Crippen molar-refractivity contribution in [3.05, 3.63) is 69.1 Å². The molecule has 2 unspecified atom stereocenters. The Morgan fingerprint density at radius 3 is 1.30 bits per heavy atom. The summed E-state index contributed by atoms with van der Waals surface area (Å²) in [6.07, 6.45) is 17.0. The van der Waals surface area contributed by atoms with E-state index in [0.29, 0.717) is 23.3 Å². The van der Waals surface area contributed by atoms with Crippen LogP contribution < -0.4 is 20.5 Å². The summed E-state index contributed by atoms with van der Waals surface area (Å²) >= 11 is 0. The molecule has 0 spiro atoms. The van der Waals surface area contributed by atoms with Crippen LogP contribution in [0.15, 0.2) is 36.4 Å². The van der Waals surface area contributed by atoms with Gasteiger partial charge in [0.25, 0.3) is 0 Å². The van der Waals surface area contributed by atoms with Gasteiger partial charge in [0.2, 0.25) is 0 Å². The topological polar surface area (TPSA) is 91.9 Å². The van der Waals surface area contributed by atoms with E-state index in [4.69, 9.17) is 19.4 Å². The molecule has 2 aromatic rings. The Morgan fingerprint density at radius 2 is 0.935 bits per heavy atom. The van der Waals surface area contributed by atoms with Crippen molar-refractivity contribution in [2.24, 2.45) is 0 Å². The molecule has 5 rings (SSSR count). The lowest BCUT2D eigenvalue weighted by atomic mass is 9.64. The Hall–Kier alpha value is -2.20. The zero-order chi connectivity index (χ0) is 33.0. The maximum absolute atomic E-state index is 13.0. The fourth-order valence-corrected chi connectivity index (χ4v) is 7.96. The Kier molecular flexibility index (Phi) is 11.4. The van der Waals surface area contributed by atoms with Crippen LogP contribution in [0.5, 0.6) is 11.5 Å². The molecule has 3 fully saturated rings. The molecule has 46 heavy (non-hydrogen) atoms. The van der Waals surface area contributed by atoms with Crippen LogP contribution >= 0.6 is 0 Å². The fraction of sp³-hybridized carbons (Fsp3) is 0.684. The lowest BCUT2D eigenvalue weighted by Gasteiger charge is -2.40. The van der Waals surface area contributed by atoms with Crippen LogP contribution in [-0.2, 0) is 15.1 Å². The molecule has 0 radical (unpaired) electrons. The normalized spacial score (nSPS) is 21.5. The van der Waals surface area contributed by atoms with Crippen LogP contribution in [0.1, 0.15) is 172 Å². The van der Waals surface area contributed by atoms with E-state index in [-0.39, 0.29) is 5.41 Å². The van der Waals surface area contributed by atoms with E-state index >= 15 is 0 Å². The fourth-order valence-electron chi connectivity index (χ4n) is 7.96. The molecule has 2 N–H and O–H groups in total. The van der Waals surface area contributed by atoms with Crippen molar-refractivity contribution in [2.45, 2.75) is 166 Å². The number of rotatable bonds is 10. The van der Waals surface area contributed by atoms with Gasteiger partial charge >= 0.3 is 0 Å². The highest BCUT2D eigenvalue weighted by molar-refractivity contribution is 5.50. The molecule has 8 nitrogen and oxygen atoms in total. The van der Waals surface area contributed by atoms with Gasteiger partial charge < -0.3 is 10.4 Å². The monoisotopic (exact) mass is 638 g/mol. The van der Waals surface area contributed by atoms with Crippen molar-refractivity contribution >= 4 is 0 Å². The molecule has 0 aliphatic heterocycles. The van der Waals surface area contributed by atoms with Gasteiger partial charge in [-0.2, -0.15) is 9.68 Å². The molecule has 0 amide bonds. The summed E-state index contributed by atoms with van der Waals surface area (Å²) in [5.41, 5.74) is 2.89. The summed E-state index contributed by atoms with van der Waals surface area (Å²) in [6.45, 7) is 11.2. The first-order valence-corrected chi connectivity index (χ1v) is 17.9. The van der Waals surface area contributed by atoms with Crippen LogP contribution in [0.25, 0.3) is 0 Å². The third-order valence-electron chi connectivity index (χ3n) is 10.1. The highest BCUT2D eigenvalue weighted by Gasteiger charge is 2.38. The van der Waals surface area contributed by atoms with E-state index in [1.807, 2.05) is 41.5 Å². The minimum atomic E-state index is -0.663. The van der Waals surface area contributed by atoms with Gasteiger partial charge in [0.05, 0.1) is 0 Å². The van der Waals surface area contributed by atoms with Gasteiger partial charge in [-0.25, -0.2) is 0 Å². The zero-order valence-electron chi connectivity index (χ0n) is 29.2. The molecule has 2 aromatic carbocycles. The van der Waals surface area contributed by atoms with Crippen molar-refractivity contribution < 1.29 is 30.1 Å². The quantitative estimate of drug-likeness (QED) is 0.258. The first kappa shape index (κ1) is 35.1. The number of benzene rings is 2. The Morgan fingerprint density at radius 1 is 0.565 bits per heavy atom. The number of quaternary nitrogens is 2. The van der Waals surface area contributed by atoms with Crippen LogP contribution in [0.2, 0.25) is 0 Å². The highest BCUT2D eigenvalue weighted by Crippen LogP contribution is 2.49. The van der Waals surface area contributed by atoms with Gasteiger partial charge in [-0.05, 0) is 126 Å². The lowest BCUT2D eigenvalue weighted by Crippen LogP contribution is -3.09. The Bertz CT molecular complexity index is 1180. The molecule has 2 atom stereocenters. The first-order chi connectivity index (χ1) is 21.8. The zero-order valence-corrected chi connectivity index (χ0v) is 29.2. The second kappa shape index (κ2) is 14.9. The molecule has 3 aliphatic rings. The van der Waals surface area contributed by atoms with Crippen LogP contribution in [0.3, 0.4) is 0 Å². The van der Waals surface area contributed by atoms with Crippen molar-refractivity contribution in [1.29, 1.82) is 0 Å². The molecule has 0 bridgehead atoms. The second-order valence-electron chi connectivity index (χ2n) is 16.0. The minimum absolute atomic E-state index is 0.299. The van der Waals surface area contributed by atoms with Crippen molar-refractivity contribution in [3.8, 4) is 11.5 Å². The highest BCUT2D eigenvalue weighted by atomic mass is 17.1. The predicted molar refractivity (Wildman–Crippen MR) is 180 cm³/mol. The largest absolute Gasteiger partial charge is 0.556 e. The van der Waals surface area contributed by atoms with Gasteiger partial charge in [0.15, 0.2) is 11.5 Å². The average molecular weight is 639 g/mol. The van der Waals surface area contributed by atoms with Crippen molar-refractivity contribution in [3.63, 3.8) is 0 Å². The van der Waals surface area contributed by atoms with Gasteiger partial charge in [-0.3, -0.25) is 9.68 Å². The summed E-state index contributed by atoms with van der Waals surface area (Å²) in [6, 6.07) is 13.2. The van der Waals surface area contributed by atoms with E-state index in [1.165, 1.54) is 44.9 Å². The van der Waals surface area contributed by atoms with Crippen molar-refractivity contribution in [1.82, 2.24) is 0 Å². The maximum atomic E-state index is 13.0. The smallest absolute Gasteiger partial charge is 0.198 e. The number of hydrogen-bond donors (Lipinski definition) is 2. The number of hydrogen-bond acceptors (Lipinski definition) is 6. The van der Waals surface area contributed by atoms with E-state index in [0.717, 1.165) is 73.6 Å². The molecular formula is C38H58N2O6. The van der Waals surface area contributed by atoms with E-state index in [2.05, 4.69) is 36.4 Å². The third-order valence-corrected chi connectivity index (χ3v) is 10.1. The minimum Gasteiger partial charge on any atom is -0.556 e. The molecule has 8 heteroatoms. The van der Waals surface area contributed by atoms with Gasteiger partial charge in [0, 0.05) is 16.5 Å². The van der Waals surface area contributed by atoms with Gasteiger partial charge in [-0.15, -0.1) is 0 Å². The lowest BCUT2D eigenvalue weighted by molar-refractivity contribution is -1.19. The molecule has 3 saturated carbocycles. The molecule has 0 heterocycles. The van der Waals surface area contributed by atoms with E-state index in [1.54, 1.807) is 0 Å². The number of nitrogens with one attached hydrogen (secondary N) is 2. The van der Waals surface area contributed by atoms with E-state index < -0.39 is 22.0 Å². The van der Waals surface area contributed by atoms with Gasteiger partial charge in [0.1, 0.15) is 11.2 Å². The molecular weight excluding hydrogens is 580 g/mol. The van der Waals surface area contributed by atoms with Crippen molar-refractivity contribution in [2.75, 3.05) is 0 Å². The molecule has 0 aromatic heterocycles. The summed E-state index contributed by atoms with van der Waals surface area (Å²) in [5.74, 6) is 1.97. The summed E-state index contributed by atoms with van der Waals surface area (Å²) in [7, 11) is 0.